The van der Waals surface area contributed by atoms with Gasteiger partial charge in [0.15, 0.2) is 0 Å². The molecule has 0 radical (unpaired) electrons. The number of aryl methyl sites for hydroxylation is 1. The Bertz CT molecular complexity index is 1080. The van der Waals surface area contributed by atoms with Crippen molar-refractivity contribution in [1.29, 1.82) is 0 Å². The van der Waals surface area contributed by atoms with Gasteiger partial charge in [0.1, 0.15) is 0 Å². The van der Waals surface area contributed by atoms with E-state index in [1.807, 2.05) is 17.8 Å². The molecule has 0 aromatic heterocycles. The van der Waals surface area contributed by atoms with E-state index in [2.05, 4.69) is 86.7 Å². The second kappa shape index (κ2) is 13.7. The van der Waals surface area contributed by atoms with Gasteiger partial charge in [0, 0.05) is 52.5 Å². The lowest BCUT2D eigenvalue weighted by Gasteiger charge is -2.38. The molecule has 2 heterocycles. The molecule has 2 aromatic carbocycles. The van der Waals surface area contributed by atoms with Crippen molar-refractivity contribution < 1.29 is 4.79 Å². The molecule has 2 aromatic rings. The third-order valence-corrected chi connectivity index (χ3v) is 10.4. The minimum atomic E-state index is 0.306. The number of thioether (sulfide) groups is 1. The molecule has 0 bridgehead atoms. The van der Waals surface area contributed by atoms with Gasteiger partial charge in [0.2, 0.25) is 5.91 Å². The van der Waals surface area contributed by atoms with Gasteiger partial charge in [-0.3, -0.25) is 9.69 Å². The Morgan fingerprint density at radius 1 is 1.00 bits per heavy atom. The summed E-state index contributed by atoms with van der Waals surface area (Å²) >= 11 is 16.0. The number of piperidine rings is 1. The fourth-order valence-corrected chi connectivity index (χ4v) is 7.84. The average Bonchev–Trinajstić information content (AvgIpc) is 3.03. The Kier molecular flexibility index (Phi) is 10.9. The number of amides is 1. The van der Waals surface area contributed by atoms with Crippen molar-refractivity contribution in [2.75, 3.05) is 44.2 Å². The highest BCUT2D eigenvalue weighted by Crippen LogP contribution is 2.46. The first-order chi connectivity index (χ1) is 17.7. The van der Waals surface area contributed by atoms with Crippen LogP contribution in [0.1, 0.15) is 61.8 Å². The highest BCUT2D eigenvalue weighted by atomic mass is 79.9. The molecule has 37 heavy (non-hydrogen) atoms. The third kappa shape index (κ3) is 7.57. The van der Waals surface area contributed by atoms with Gasteiger partial charge in [-0.2, -0.15) is 11.8 Å². The smallest absolute Gasteiger partial charge is 0.236 e. The number of hydrogen-bond acceptors (Lipinski definition) is 3. The molecule has 202 valence electrons. The SMILES string of the molecule is CC(C)C.O=C(CN1CCSCC1)N1CCC(C2c3ccc(Br)cc3CCc3c2ccc(Cl)c3Br)CC1. The average molecular weight is 671 g/mol. The molecule has 5 rings (SSSR count). The first-order valence-electron chi connectivity index (χ1n) is 13.6. The Hall–Kier alpha value is -0.530. The molecule has 1 atom stereocenters. The predicted octanol–water partition coefficient (Wildman–Crippen LogP) is 8.05. The van der Waals surface area contributed by atoms with Crippen molar-refractivity contribution in [3.63, 3.8) is 0 Å². The second-order valence-electron chi connectivity index (χ2n) is 11.1. The van der Waals surface area contributed by atoms with Crippen LogP contribution in [0.5, 0.6) is 0 Å². The van der Waals surface area contributed by atoms with Crippen molar-refractivity contribution in [2.24, 2.45) is 11.8 Å². The second-order valence-corrected chi connectivity index (χ2v) is 14.4. The molecular weight excluding hydrogens is 632 g/mol. The van der Waals surface area contributed by atoms with E-state index in [1.54, 1.807) is 0 Å². The lowest BCUT2D eigenvalue weighted by atomic mass is 9.74. The molecule has 1 aliphatic carbocycles. The number of benzene rings is 2. The van der Waals surface area contributed by atoms with Crippen LogP contribution in [0.15, 0.2) is 39.3 Å². The molecule has 2 aliphatic heterocycles. The molecule has 1 amide bonds. The topological polar surface area (TPSA) is 23.6 Å². The number of carbonyl (C=O) groups is 1. The van der Waals surface area contributed by atoms with Gasteiger partial charge in [-0.25, -0.2) is 0 Å². The summed E-state index contributed by atoms with van der Waals surface area (Å²) in [6.45, 7) is 10.9. The van der Waals surface area contributed by atoms with Gasteiger partial charge in [-0.15, -0.1) is 0 Å². The van der Waals surface area contributed by atoms with Crippen LogP contribution in [-0.4, -0.2) is 59.9 Å². The zero-order valence-corrected chi connectivity index (χ0v) is 27.0. The quantitative estimate of drug-likeness (QED) is 0.330. The summed E-state index contributed by atoms with van der Waals surface area (Å²) in [5.74, 6) is 4.29. The molecule has 1 unspecified atom stereocenters. The monoisotopic (exact) mass is 668 g/mol. The summed E-state index contributed by atoms with van der Waals surface area (Å²) in [6.07, 6.45) is 4.09. The van der Waals surface area contributed by atoms with Crippen molar-refractivity contribution in [1.82, 2.24) is 9.80 Å². The normalized spacial score (nSPS) is 20.5. The lowest BCUT2D eigenvalue weighted by molar-refractivity contribution is -0.133. The molecule has 3 aliphatic rings. The number of fused-ring (bicyclic) bond motifs is 2. The maximum Gasteiger partial charge on any atom is 0.236 e. The number of likely N-dealkylation sites (tertiary alicyclic amines) is 1. The van der Waals surface area contributed by atoms with Crippen molar-refractivity contribution in [3.8, 4) is 0 Å². The fraction of sp³-hybridized carbons (Fsp3) is 0.567. The van der Waals surface area contributed by atoms with Crippen LogP contribution in [-0.2, 0) is 17.6 Å². The van der Waals surface area contributed by atoms with Crippen LogP contribution in [0.25, 0.3) is 0 Å². The van der Waals surface area contributed by atoms with E-state index in [0.717, 1.165) is 83.3 Å². The summed E-state index contributed by atoms with van der Waals surface area (Å²) in [6, 6.07) is 11.1. The number of hydrogen-bond donors (Lipinski definition) is 0. The first-order valence-corrected chi connectivity index (χ1v) is 16.7. The highest BCUT2D eigenvalue weighted by Gasteiger charge is 2.35. The highest BCUT2D eigenvalue weighted by molar-refractivity contribution is 9.10. The maximum atomic E-state index is 13.0. The van der Waals surface area contributed by atoms with Crippen molar-refractivity contribution in [2.45, 2.75) is 52.4 Å². The number of rotatable bonds is 3. The fourth-order valence-electron chi connectivity index (χ4n) is 5.72. The first kappa shape index (κ1) is 29.5. The minimum Gasteiger partial charge on any atom is -0.342 e. The zero-order chi connectivity index (χ0) is 26.5. The molecule has 0 spiro atoms. The van der Waals surface area contributed by atoms with Crippen LogP contribution in [0.3, 0.4) is 0 Å². The van der Waals surface area contributed by atoms with Gasteiger partial charge >= 0.3 is 0 Å². The van der Waals surface area contributed by atoms with E-state index >= 15 is 0 Å². The van der Waals surface area contributed by atoms with Crippen molar-refractivity contribution >= 4 is 61.1 Å². The Labute approximate surface area is 249 Å². The molecule has 0 N–H and O–H groups in total. The summed E-state index contributed by atoms with van der Waals surface area (Å²) in [4.78, 5) is 17.4. The van der Waals surface area contributed by atoms with Gasteiger partial charge < -0.3 is 4.90 Å². The molecule has 2 fully saturated rings. The number of halogens is 3. The van der Waals surface area contributed by atoms with Crippen LogP contribution in [0.4, 0.5) is 0 Å². The Morgan fingerprint density at radius 2 is 1.65 bits per heavy atom. The third-order valence-electron chi connectivity index (χ3n) is 7.48. The van der Waals surface area contributed by atoms with Crippen LogP contribution in [0.2, 0.25) is 5.02 Å². The Morgan fingerprint density at radius 3 is 2.32 bits per heavy atom. The maximum absolute atomic E-state index is 13.0. The lowest BCUT2D eigenvalue weighted by Crippen LogP contribution is -2.46. The van der Waals surface area contributed by atoms with Gasteiger partial charge in [-0.1, -0.05) is 60.4 Å². The van der Waals surface area contributed by atoms with E-state index in [0.29, 0.717) is 24.3 Å². The van der Waals surface area contributed by atoms with Gasteiger partial charge in [0.25, 0.3) is 0 Å². The Balaban J connectivity index is 0.000000747. The van der Waals surface area contributed by atoms with E-state index in [-0.39, 0.29) is 0 Å². The van der Waals surface area contributed by atoms with Gasteiger partial charge in [0.05, 0.1) is 11.6 Å². The largest absolute Gasteiger partial charge is 0.342 e. The summed E-state index contributed by atoms with van der Waals surface area (Å²) in [5, 5.41) is 0.788. The molecule has 2 saturated heterocycles. The molecule has 7 heteroatoms. The summed E-state index contributed by atoms with van der Waals surface area (Å²) < 4.78 is 2.19. The molecular formula is C30H39Br2ClN2OS. The standard InChI is InChI=1S/C26H29Br2ClN2OS.C4H10/c27-19-2-4-20-18(15-19)1-3-22-21(5-6-23(29)26(22)28)25(20)17-7-9-31(10-8-17)24(32)16-30-11-13-33-14-12-30;1-4(2)3/h2,4-6,15,17,25H,1,3,7-14,16H2;4H,1-3H3. The van der Waals surface area contributed by atoms with Gasteiger partial charge in [-0.05, 0) is 93.9 Å². The van der Waals surface area contributed by atoms with E-state index in [4.69, 9.17) is 11.6 Å². The van der Waals surface area contributed by atoms with Crippen molar-refractivity contribution in [3.05, 3.63) is 66.6 Å². The summed E-state index contributed by atoms with van der Waals surface area (Å²) in [5.41, 5.74) is 5.63. The van der Waals surface area contributed by atoms with Crippen LogP contribution < -0.4 is 0 Å². The van der Waals surface area contributed by atoms with E-state index in [1.165, 1.54) is 22.3 Å². The molecule has 3 nitrogen and oxygen atoms in total. The summed E-state index contributed by atoms with van der Waals surface area (Å²) in [7, 11) is 0. The zero-order valence-electron chi connectivity index (χ0n) is 22.2. The predicted molar refractivity (Wildman–Crippen MR) is 166 cm³/mol. The van der Waals surface area contributed by atoms with Crippen LogP contribution >= 0.6 is 55.2 Å². The van der Waals surface area contributed by atoms with E-state index < -0.39 is 0 Å². The molecule has 0 saturated carbocycles. The van der Waals surface area contributed by atoms with Crippen LogP contribution in [0, 0.1) is 11.8 Å². The van der Waals surface area contributed by atoms with E-state index in [9.17, 15) is 4.79 Å². The minimum absolute atomic E-state index is 0.306. The number of carbonyl (C=O) groups excluding carboxylic acids is 1. The number of nitrogens with zero attached hydrogens (tertiary/aromatic N) is 2.